The van der Waals surface area contributed by atoms with Gasteiger partial charge >= 0.3 is 0 Å². The van der Waals surface area contributed by atoms with E-state index >= 15 is 0 Å². The molecule has 23 heavy (non-hydrogen) atoms. The number of nitrogens with zero attached hydrogens (tertiary/aromatic N) is 1. The monoisotopic (exact) mass is 336 g/mol. The lowest BCUT2D eigenvalue weighted by atomic mass is 9.91. The summed E-state index contributed by atoms with van der Waals surface area (Å²) < 4.78 is 0. The highest BCUT2D eigenvalue weighted by Crippen LogP contribution is 2.25. The summed E-state index contributed by atoms with van der Waals surface area (Å²) in [4.78, 5) is 26.7. The molecule has 126 valence electrons. The SMILES string of the molecule is Cc1ccc(NC(=O)[C@@H]2CCCN(C(=O)C(C)(C)C)C2)cc1Cl. The Morgan fingerprint density at radius 2 is 2.00 bits per heavy atom. The highest BCUT2D eigenvalue weighted by atomic mass is 35.5. The molecule has 1 atom stereocenters. The van der Waals surface area contributed by atoms with Crippen LogP contribution in [-0.2, 0) is 9.59 Å². The van der Waals surface area contributed by atoms with Crippen molar-refractivity contribution >= 4 is 29.1 Å². The maximum Gasteiger partial charge on any atom is 0.229 e. The van der Waals surface area contributed by atoms with Gasteiger partial charge in [0.05, 0.1) is 5.92 Å². The maximum absolute atomic E-state index is 12.5. The highest BCUT2D eigenvalue weighted by Gasteiger charge is 2.33. The van der Waals surface area contributed by atoms with Gasteiger partial charge in [-0.2, -0.15) is 0 Å². The first kappa shape index (κ1) is 17.8. The first-order valence-corrected chi connectivity index (χ1v) is 8.42. The molecule has 0 radical (unpaired) electrons. The van der Waals surface area contributed by atoms with Crippen LogP contribution in [0.5, 0.6) is 0 Å². The number of aryl methyl sites for hydroxylation is 1. The van der Waals surface area contributed by atoms with Crippen molar-refractivity contribution in [2.75, 3.05) is 18.4 Å². The molecule has 1 aliphatic rings. The van der Waals surface area contributed by atoms with Crippen molar-refractivity contribution in [3.05, 3.63) is 28.8 Å². The number of hydrogen-bond acceptors (Lipinski definition) is 2. The van der Waals surface area contributed by atoms with Crippen molar-refractivity contribution in [2.24, 2.45) is 11.3 Å². The fourth-order valence-corrected chi connectivity index (χ4v) is 2.95. The number of halogens is 1. The van der Waals surface area contributed by atoms with Crippen LogP contribution < -0.4 is 5.32 Å². The zero-order chi connectivity index (χ0) is 17.2. The molecule has 2 rings (SSSR count). The summed E-state index contributed by atoms with van der Waals surface area (Å²) in [6.07, 6.45) is 1.66. The van der Waals surface area contributed by atoms with Gasteiger partial charge in [-0.3, -0.25) is 9.59 Å². The molecule has 1 aromatic rings. The summed E-state index contributed by atoms with van der Waals surface area (Å²) in [7, 11) is 0. The van der Waals surface area contributed by atoms with E-state index in [-0.39, 0.29) is 17.7 Å². The number of benzene rings is 1. The third-order valence-corrected chi connectivity index (χ3v) is 4.57. The van der Waals surface area contributed by atoms with Crippen LogP contribution in [0.4, 0.5) is 5.69 Å². The van der Waals surface area contributed by atoms with Crippen LogP contribution in [0.3, 0.4) is 0 Å². The highest BCUT2D eigenvalue weighted by molar-refractivity contribution is 6.31. The van der Waals surface area contributed by atoms with E-state index in [9.17, 15) is 9.59 Å². The Kier molecular flexibility index (Phi) is 5.35. The molecule has 0 aliphatic carbocycles. The Balaban J connectivity index is 2.02. The van der Waals surface area contributed by atoms with Gasteiger partial charge in [0.15, 0.2) is 0 Å². The van der Waals surface area contributed by atoms with Gasteiger partial charge in [0.25, 0.3) is 0 Å². The van der Waals surface area contributed by atoms with Crippen molar-refractivity contribution in [1.82, 2.24) is 4.90 Å². The number of likely N-dealkylation sites (tertiary alicyclic amines) is 1. The Hall–Kier alpha value is -1.55. The third kappa shape index (κ3) is 4.47. The predicted octanol–water partition coefficient (Wildman–Crippen LogP) is 3.87. The molecule has 2 amide bonds. The van der Waals surface area contributed by atoms with E-state index in [0.29, 0.717) is 17.3 Å². The van der Waals surface area contributed by atoms with Crippen LogP contribution in [0, 0.1) is 18.3 Å². The van der Waals surface area contributed by atoms with E-state index in [1.165, 1.54) is 0 Å². The average molecular weight is 337 g/mol. The van der Waals surface area contributed by atoms with E-state index in [2.05, 4.69) is 5.32 Å². The minimum Gasteiger partial charge on any atom is -0.341 e. The number of carbonyl (C=O) groups is 2. The van der Waals surface area contributed by atoms with Gasteiger partial charge in [0, 0.05) is 29.2 Å². The second kappa shape index (κ2) is 6.91. The number of rotatable bonds is 2. The van der Waals surface area contributed by atoms with Crippen molar-refractivity contribution in [1.29, 1.82) is 0 Å². The lowest BCUT2D eigenvalue weighted by molar-refractivity contribution is -0.142. The minimum atomic E-state index is -0.414. The molecule has 1 N–H and O–H groups in total. The standard InChI is InChI=1S/C18H25ClN2O2/c1-12-7-8-14(10-15(12)19)20-16(22)13-6-5-9-21(11-13)17(23)18(2,3)4/h7-8,10,13H,5-6,9,11H2,1-4H3,(H,20,22)/t13-/m1/s1. The summed E-state index contributed by atoms with van der Waals surface area (Å²) in [6, 6.07) is 5.49. The summed E-state index contributed by atoms with van der Waals surface area (Å²) in [6.45, 7) is 8.87. The van der Waals surface area contributed by atoms with Crippen LogP contribution in [0.25, 0.3) is 0 Å². The lowest BCUT2D eigenvalue weighted by Gasteiger charge is -2.35. The van der Waals surface area contributed by atoms with Crippen LogP contribution in [-0.4, -0.2) is 29.8 Å². The Bertz CT molecular complexity index is 608. The molecule has 1 saturated heterocycles. The fourth-order valence-electron chi connectivity index (χ4n) is 2.76. The molecule has 0 saturated carbocycles. The molecule has 5 heteroatoms. The smallest absolute Gasteiger partial charge is 0.229 e. The summed E-state index contributed by atoms with van der Waals surface area (Å²) >= 11 is 6.09. The quantitative estimate of drug-likeness (QED) is 0.891. The van der Waals surface area contributed by atoms with Gasteiger partial charge in [-0.05, 0) is 37.5 Å². The molecule has 4 nitrogen and oxygen atoms in total. The van der Waals surface area contributed by atoms with Gasteiger partial charge in [0.1, 0.15) is 0 Å². The molecule has 1 aliphatic heterocycles. The average Bonchev–Trinajstić information content (AvgIpc) is 2.49. The number of piperidine rings is 1. The number of amides is 2. The number of anilines is 1. The molecule has 1 aromatic carbocycles. The molecular weight excluding hydrogens is 312 g/mol. The van der Waals surface area contributed by atoms with Gasteiger partial charge in [-0.1, -0.05) is 38.4 Å². The molecule has 1 heterocycles. The molecule has 0 unspecified atom stereocenters. The predicted molar refractivity (Wildman–Crippen MR) is 93.6 cm³/mol. The van der Waals surface area contributed by atoms with E-state index in [4.69, 9.17) is 11.6 Å². The third-order valence-electron chi connectivity index (χ3n) is 4.16. The first-order chi connectivity index (χ1) is 10.7. The first-order valence-electron chi connectivity index (χ1n) is 8.05. The molecular formula is C18H25ClN2O2. The van der Waals surface area contributed by atoms with E-state index in [1.54, 1.807) is 6.07 Å². The Morgan fingerprint density at radius 3 is 2.61 bits per heavy atom. The number of hydrogen-bond donors (Lipinski definition) is 1. The van der Waals surface area contributed by atoms with E-state index in [1.807, 2.05) is 44.7 Å². The summed E-state index contributed by atoms with van der Waals surface area (Å²) in [5.41, 5.74) is 1.26. The Labute approximate surface area is 143 Å². The van der Waals surface area contributed by atoms with Gasteiger partial charge in [0.2, 0.25) is 11.8 Å². The largest absolute Gasteiger partial charge is 0.341 e. The van der Waals surface area contributed by atoms with Crippen molar-refractivity contribution in [2.45, 2.75) is 40.5 Å². The van der Waals surface area contributed by atoms with Crippen LogP contribution in [0.1, 0.15) is 39.2 Å². The molecule has 1 fully saturated rings. The van der Waals surface area contributed by atoms with Gasteiger partial charge < -0.3 is 10.2 Å². The second-order valence-electron chi connectivity index (χ2n) is 7.29. The maximum atomic E-state index is 12.5. The Morgan fingerprint density at radius 1 is 1.30 bits per heavy atom. The lowest BCUT2D eigenvalue weighted by Crippen LogP contribution is -2.47. The van der Waals surface area contributed by atoms with Gasteiger partial charge in [-0.25, -0.2) is 0 Å². The fraction of sp³-hybridized carbons (Fsp3) is 0.556. The molecule has 0 aromatic heterocycles. The summed E-state index contributed by atoms with van der Waals surface area (Å²) in [5.74, 6) is -0.111. The van der Waals surface area contributed by atoms with Gasteiger partial charge in [-0.15, -0.1) is 0 Å². The number of nitrogens with one attached hydrogen (secondary N) is 1. The van der Waals surface area contributed by atoms with Crippen molar-refractivity contribution < 1.29 is 9.59 Å². The van der Waals surface area contributed by atoms with E-state index < -0.39 is 5.41 Å². The normalized spacial score (nSPS) is 18.7. The molecule has 0 bridgehead atoms. The van der Waals surface area contributed by atoms with E-state index in [0.717, 1.165) is 24.9 Å². The topological polar surface area (TPSA) is 49.4 Å². The summed E-state index contributed by atoms with van der Waals surface area (Å²) in [5, 5.41) is 3.55. The van der Waals surface area contributed by atoms with Crippen LogP contribution >= 0.6 is 11.6 Å². The van der Waals surface area contributed by atoms with Crippen LogP contribution in [0.2, 0.25) is 5.02 Å². The minimum absolute atomic E-state index is 0.0451. The number of carbonyl (C=O) groups excluding carboxylic acids is 2. The second-order valence-corrected chi connectivity index (χ2v) is 7.70. The zero-order valence-electron chi connectivity index (χ0n) is 14.3. The van der Waals surface area contributed by atoms with Crippen molar-refractivity contribution in [3.63, 3.8) is 0 Å². The zero-order valence-corrected chi connectivity index (χ0v) is 15.0. The van der Waals surface area contributed by atoms with Crippen molar-refractivity contribution in [3.8, 4) is 0 Å². The molecule has 0 spiro atoms. The van der Waals surface area contributed by atoms with Crippen LogP contribution in [0.15, 0.2) is 18.2 Å².